The van der Waals surface area contributed by atoms with E-state index in [2.05, 4.69) is 47.4 Å². The minimum absolute atomic E-state index is 0.552. The minimum atomic E-state index is 0.552. The predicted molar refractivity (Wildman–Crippen MR) is 138 cm³/mol. The van der Waals surface area contributed by atoms with Crippen molar-refractivity contribution in [2.75, 3.05) is 23.3 Å². The van der Waals surface area contributed by atoms with E-state index >= 15 is 0 Å². The van der Waals surface area contributed by atoms with Gasteiger partial charge < -0.3 is 15.2 Å². The lowest BCUT2D eigenvalue weighted by Gasteiger charge is -2.56. The lowest BCUT2D eigenvalue weighted by molar-refractivity contribution is -0.00958. The van der Waals surface area contributed by atoms with Crippen LogP contribution >= 0.6 is 0 Å². The number of imidazole rings is 1. The lowest BCUT2D eigenvalue weighted by Crippen LogP contribution is -2.68. The molecule has 3 fully saturated rings. The lowest BCUT2D eigenvalue weighted by atomic mass is 9.87. The Balaban J connectivity index is 1.11. The maximum absolute atomic E-state index is 4.84. The van der Waals surface area contributed by atoms with Crippen LogP contribution in [0.15, 0.2) is 61.2 Å². The van der Waals surface area contributed by atoms with E-state index in [0.29, 0.717) is 17.9 Å². The van der Waals surface area contributed by atoms with Crippen molar-refractivity contribution in [3.05, 3.63) is 72.6 Å². The van der Waals surface area contributed by atoms with Gasteiger partial charge in [0.2, 0.25) is 0 Å². The number of fused-ring (bicyclic) bond motifs is 3. The van der Waals surface area contributed by atoms with Gasteiger partial charge in [-0.25, -0.2) is 19.9 Å². The number of hydrogen-bond donors (Lipinski definition) is 3. The molecule has 4 aromatic heterocycles. The van der Waals surface area contributed by atoms with E-state index < -0.39 is 0 Å². The summed E-state index contributed by atoms with van der Waals surface area (Å²) in [5.41, 5.74) is 3.91. The first kappa shape index (κ1) is 21.0. The molecule has 2 unspecified atom stereocenters. The maximum Gasteiger partial charge on any atom is 0.163 e. The number of aryl methyl sites for hydroxylation is 1. The molecular formula is C26H26N10. The third-order valence-corrected chi connectivity index (χ3v) is 7.14. The number of rotatable bonds is 6. The molecule has 3 aliphatic rings. The number of aromatic nitrogens is 7. The number of aromatic amines is 2. The summed E-state index contributed by atoms with van der Waals surface area (Å²) in [4.78, 5) is 26.8. The largest absolute Gasteiger partial charge is 0.353 e. The normalized spacial score (nSPS) is 19.4. The number of H-pyrrole nitrogens is 2. The van der Waals surface area contributed by atoms with E-state index in [-0.39, 0.29) is 0 Å². The molecule has 3 aliphatic heterocycles. The number of hydrogen-bond acceptors (Lipinski definition) is 8. The van der Waals surface area contributed by atoms with Gasteiger partial charge in [-0.05, 0) is 37.6 Å². The molecule has 8 rings (SSSR count). The van der Waals surface area contributed by atoms with Crippen LogP contribution in [-0.4, -0.2) is 65.2 Å². The first-order valence-electron chi connectivity index (χ1n) is 12.2. The SMILES string of the molecule is Cc1cc(Nc2nc(-c3ccc(N4CC5CC(C4)N5Cc4cnc[nH]4)nc3)nc3ccccc23)n[nH]1. The Morgan fingerprint density at radius 3 is 2.69 bits per heavy atom. The summed E-state index contributed by atoms with van der Waals surface area (Å²) >= 11 is 0. The Morgan fingerprint density at radius 1 is 1.06 bits per heavy atom. The fourth-order valence-electron chi connectivity index (χ4n) is 5.31. The second kappa shape index (κ2) is 8.42. The van der Waals surface area contributed by atoms with Crippen molar-refractivity contribution in [1.29, 1.82) is 0 Å². The summed E-state index contributed by atoms with van der Waals surface area (Å²) in [7, 11) is 0. The summed E-state index contributed by atoms with van der Waals surface area (Å²) in [5, 5.41) is 11.5. The Bertz CT molecular complexity index is 1500. The van der Waals surface area contributed by atoms with Gasteiger partial charge in [0.1, 0.15) is 11.6 Å². The van der Waals surface area contributed by atoms with Gasteiger partial charge >= 0.3 is 0 Å². The van der Waals surface area contributed by atoms with Crippen LogP contribution in [0.5, 0.6) is 0 Å². The molecular weight excluding hydrogens is 452 g/mol. The van der Waals surface area contributed by atoms with E-state index in [4.69, 9.17) is 15.0 Å². The minimum Gasteiger partial charge on any atom is -0.353 e. The Hall–Kier alpha value is -4.31. The summed E-state index contributed by atoms with van der Waals surface area (Å²) in [6.45, 7) is 4.88. The van der Waals surface area contributed by atoms with Crippen LogP contribution in [0.4, 0.5) is 17.5 Å². The molecule has 10 nitrogen and oxygen atoms in total. The fraction of sp³-hybridized carbons (Fsp3) is 0.269. The molecule has 36 heavy (non-hydrogen) atoms. The molecule has 0 radical (unpaired) electrons. The van der Waals surface area contributed by atoms with Crippen LogP contribution in [0.1, 0.15) is 17.8 Å². The first-order valence-corrected chi connectivity index (χ1v) is 12.2. The second-order valence-electron chi connectivity index (χ2n) is 9.58. The monoisotopic (exact) mass is 478 g/mol. The van der Waals surface area contributed by atoms with Gasteiger partial charge in [0, 0.05) is 72.5 Å². The number of nitrogens with one attached hydrogen (secondary N) is 3. The molecule has 0 saturated carbocycles. The van der Waals surface area contributed by atoms with Crippen molar-refractivity contribution in [2.45, 2.75) is 32.0 Å². The molecule has 180 valence electrons. The number of piperidine rings is 1. The topological polar surface area (TPSA) is 115 Å². The van der Waals surface area contributed by atoms with Crippen LogP contribution in [0.25, 0.3) is 22.3 Å². The molecule has 0 spiro atoms. The van der Waals surface area contributed by atoms with E-state index in [9.17, 15) is 0 Å². The van der Waals surface area contributed by atoms with E-state index in [1.807, 2.05) is 49.6 Å². The van der Waals surface area contributed by atoms with Crippen molar-refractivity contribution in [3.8, 4) is 11.4 Å². The second-order valence-corrected chi connectivity index (χ2v) is 9.58. The first-order chi connectivity index (χ1) is 17.7. The van der Waals surface area contributed by atoms with Crippen LogP contribution in [-0.2, 0) is 6.54 Å². The van der Waals surface area contributed by atoms with E-state index in [1.165, 1.54) is 12.1 Å². The smallest absolute Gasteiger partial charge is 0.163 e. The standard InChI is InChI=1S/C26H26N10/c1-16-8-23(34-33-16)31-26-21-4-2-3-5-22(21)30-25(32-26)17-6-7-24(28-10-17)35-13-19-9-20(14-35)36(19)12-18-11-27-15-29-18/h2-8,10-11,15,19-20H,9,12-14H2,1H3,(H,27,29)(H2,30,31,32,33,34). The Kier molecular flexibility index (Phi) is 4.91. The van der Waals surface area contributed by atoms with Gasteiger partial charge in [-0.3, -0.25) is 10.00 Å². The van der Waals surface area contributed by atoms with Gasteiger partial charge in [0.25, 0.3) is 0 Å². The van der Waals surface area contributed by atoms with Crippen molar-refractivity contribution >= 4 is 28.4 Å². The van der Waals surface area contributed by atoms with Crippen LogP contribution in [0, 0.1) is 6.92 Å². The zero-order chi connectivity index (χ0) is 24.1. The van der Waals surface area contributed by atoms with Crippen molar-refractivity contribution in [2.24, 2.45) is 0 Å². The molecule has 5 aromatic rings. The zero-order valence-corrected chi connectivity index (χ0v) is 19.9. The number of pyridine rings is 1. The maximum atomic E-state index is 4.84. The molecule has 10 heteroatoms. The molecule has 3 saturated heterocycles. The van der Waals surface area contributed by atoms with Gasteiger partial charge in [-0.2, -0.15) is 5.10 Å². The van der Waals surface area contributed by atoms with E-state index in [1.54, 1.807) is 6.33 Å². The third kappa shape index (κ3) is 3.75. The van der Waals surface area contributed by atoms with Gasteiger partial charge in [0.15, 0.2) is 11.6 Å². The number of piperazine rings is 1. The molecule has 3 N–H and O–H groups in total. The highest BCUT2D eigenvalue weighted by molar-refractivity contribution is 5.91. The van der Waals surface area contributed by atoms with Crippen molar-refractivity contribution in [1.82, 2.24) is 40.0 Å². The number of para-hydroxylation sites is 1. The fourth-order valence-corrected chi connectivity index (χ4v) is 5.31. The summed E-state index contributed by atoms with van der Waals surface area (Å²) in [6, 6.07) is 15.2. The molecule has 0 aliphatic carbocycles. The number of nitrogens with zero attached hydrogens (tertiary/aromatic N) is 7. The average molecular weight is 479 g/mol. The molecule has 0 amide bonds. The third-order valence-electron chi connectivity index (χ3n) is 7.14. The highest BCUT2D eigenvalue weighted by Crippen LogP contribution is 2.35. The molecule has 2 bridgehead atoms. The molecule has 2 atom stereocenters. The Morgan fingerprint density at radius 2 is 1.94 bits per heavy atom. The van der Waals surface area contributed by atoms with E-state index in [0.717, 1.165) is 59.2 Å². The van der Waals surface area contributed by atoms with Gasteiger partial charge in [0.05, 0.1) is 11.8 Å². The van der Waals surface area contributed by atoms with Crippen molar-refractivity contribution < 1.29 is 0 Å². The molecule has 7 heterocycles. The average Bonchev–Trinajstić information content (AvgIpc) is 3.59. The Labute approximate surface area is 207 Å². The van der Waals surface area contributed by atoms with Crippen molar-refractivity contribution in [3.63, 3.8) is 0 Å². The van der Waals surface area contributed by atoms with Crippen LogP contribution < -0.4 is 10.2 Å². The predicted octanol–water partition coefficient (Wildman–Crippen LogP) is 3.65. The summed E-state index contributed by atoms with van der Waals surface area (Å²) in [5.74, 6) is 3.08. The van der Waals surface area contributed by atoms with Gasteiger partial charge in [-0.15, -0.1) is 0 Å². The summed E-state index contributed by atoms with van der Waals surface area (Å²) in [6.07, 6.45) is 6.79. The number of benzene rings is 1. The van der Waals surface area contributed by atoms with Crippen LogP contribution in [0.2, 0.25) is 0 Å². The highest BCUT2D eigenvalue weighted by Gasteiger charge is 2.44. The quantitative estimate of drug-likeness (QED) is 0.339. The highest BCUT2D eigenvalue weighted by atomic mass is 15.4. The number of anilines is 3. The summed E-state index contributed by atoms with van der Waals surface area (Å²) < 4.78 is 0. The molecule has 1 aromatic carbocycles. The zero-order valence-electron chi connectivity index (χ0n) is 19.9. The van der Waals surface area contributed by atoms with Gasteiger partial charge in [-0.1, -0.05) is 12.1 Å². The van der Waals surface area contributed by atoms with Crippen LogP contribution in [0.3, 0.4) is 0 Å².